The number of nitrogens with zero attached hydrogens (tertiary/aromatic N) is 4. The van der Waals surface area contributed by atoms with E-state index in [1.54, 1.807) is 26.4 Å². The van der Waals surface area contributed by atoms with E-state index in [2.05, 4.69) is 20.4 Å². The number of rotatable bonds is 5. The summed E-state index contributed by atoms with van der Waals surface area (Å²) in [6.45, 7) is 2.08. The van der Waals surface area contributed by atoms with Gasteiger partial charge in [0, 0.05) is 31.5 Å². The molecular formula is C15H16N6O2. The molecule has 0 saturated heterocycles. The maximum atomic E-state index is 11.2. The molecule has 0 aliphatic carbocycles. The maximum Gasteiger partial charge on any atom is 0.333 e. The van der Waals surface area contributed by atoms with E-state index in [-0.39, 0.29) is 5.69 Å². The van der Waals surface area contributed by atoms with E-state index in [9.17, 15) is 10.1 Å². The van der Waals surface area contributed by atoms with Crippen molar-refractivity contribution in [3.05, 3.63) is 58.0 Å². The minimum atomic E-state index is -0.413. The van der Waals surface area contributed by atoms with Crippen LogP contribution < -0.4 is 5.32 Å². The van der Waals surface area contributed by atoms with E-state index >= 15 is 0 Å². The minimum Gasteiger partial charge on any atom is -0.360 e. The highest BCUT2D eigenvalue weighted by Crippen LogP contribution is 2.28. The summed E-state index contributed by atoms with van der Waals surface area (Å²) in [4.78, 5) is 18.0. The topological polar surface area (TPSA) is 102 Å². The Bertz CT molecular complexity index is 838. The van der Waals surface area contributed by atoms with Crippen molar-refractivity contribution in [2.75, 3.05) is 5.32 Å². The van der Waals surface area contributed by atoms with Gasteiger partial charge in [-0.3, -0.25) is 10.1 Å². The Morgan fingerprint density at radius 1 is 1.43 bits per heavy atom. The first-order valence-electron chi connectivity index (χ1n) is 7.07. The molecule has 0 saturated carbocycles. The fourth-order valence-electron chi connectivity index (χ4n) is 2.50. The number of hydrogen-bond donors (Lipinski definition) is 2. The molecular weight excluding hydrogens is 296 g/mol. The number of H-pyrrole nitrogens is 1. The molecule has 0 unspecified atom stereocenters. The molecule has 2 aromatic heterocycles. The number of aromatic amines is 1. The molecule has 0 bridgehead atoms. The highest BCUT2D eigenvalue weighted by atomic mass is 16.6. The second-order valence-electron chi connectivity index (χ2n) is 5.16. The first-order valence-corrected chi connectivity index (χ1v) is 7.07. The number of hydrogen-bond acceptors (Lipinski definition) is 5. The van der Waals surface area contributed by atoms with Crippen molar-refractivity contribution in [1.29, 1.82) is 0 Å². The van der Waals surface area contributed by atoms with Gasteiger partial charge < -0.3 is 10.3 Å². The second-order valence-corrected chi connectivity index (χ2v) is 5.16. The lowest BCUT2D eigenvalue weighted by Gasteiger charge is -2.07. The van der Waals surface area contributed by atoms with Gasteiger partial charge in [0.1, 0.15) is 11.5 Å². The van der Waals surface area contributed by atoms with Crippen LogP contribution in [0, 0.1) is 17.0 Å². The fraction of sp³-hybridized carbons (Fsp3) is 0.200. The first kappa shape index (κ1) is 14.8. The number of anilines is 1. The third kappa shape index (κ3) is 2.91. The summed E-state index contributed by atoms with van der Waals surface area (Å²) in [5.74, 6) is 1.19. The summed E-state index contributed by atoms with van der Waals surface area (Å²) in [5, 5.41) is 18.4. The Labute approximate surface area is 132 Å². The van der Waals surface area contributed by atoms with E-state index in [0.29, 0.717) is 18.1 Å². The molecule has 118 valence electrons. The highest BCUT2D eigenvalue weighted by molar-refractivity contribution is 5.60. The number of nitrogens with one attached hydrogen (secondary N) is 2. The molecule has 0 radical (unpaired) electrons. The molecule has 0 fully saturated rings. The molecule has 0 atom stereocenters. The van der Waals surface area contributed by atoms with Crippen molar-refractivity contribution in [3.63, 3.8) is 0 Å². The molecule has 8 nitrogen and oxygen atoms in total. The van der Waals surface area contributed by atoms with Gasteiger partial charge in [0.05, 0.1) is 4.92 Å². The average Bonchev–Trinajstić information content (AvgIpc) is 3.13. The second kappa shape index (κ2) is 5.91. The summed E-state index contributed by atoms with van der Waals surface area (Å²) >= 11 is 0. The predicted molar refractivity (Wildman–Crippen MR) is 85.9 cm³/mol. The fourth-order valence-corrected chi connectivity index (χ4v) is 2.50. The standard InChI is InChI=1S/C15H16N6O2/c1-10-13(21(22)23)15(20(2)19-10)18-9-11-4-3-5-12(8-11)14-16-6-7-17-14/h3-8,18H,9H2,1-2H3,(H,16,17). The summed E-state index contributed by atoms with van der Waals surface area (Å²) in [7, 11) is 1.68. The van der Waals surface area contributed by atoms with Gasteiger partial charge in [0.2, 0.25) is 5.82 Å². The van der Waals surface area contributed by atoms with Crippen LogP contribution >= 0.6 is 0 Å². The summed E-state index contributed by atoms with van der Waals surface area (Å²) in [6.07, 6.45) is 3.46. The molecule has 0 aliphatic heterocycles. The van der Waals surface area contributed by atoms with Crippen LogP contribution in [0.15, 0.2) is 36.7 Å². The van der Waals surface area contributed by atoms with Crippen molar-refractivity contribution in [3.8, 4) is 11.4 Å². The molecule has 8 heteroatoms. The molecule has 1 aromatic carbocycles. The Hall–Kier alpha value is -3.16. The van der Waals surface area contributed by atoms with Crippen molar-refractivity contribution in [2.24, 2.45) is 7.05 Å². The van der Waals surface area contributed by atoms with Crippen LogP contribution in [0.1, 0.15) is 11.3 Å². The van der Waals surface area contributed by atoms with Crippen LogP contribution in [-0.4, -0.2) is 24.7 Å². The van der Waals surface area contributed by atoms with E-state index < -0.39 is 4.92 Å². The molecule has 3 aromatic rings. The molecule has 0 amide bonds. The average molecular weight is 312 g/mol. The molecule has 23 heavy (non-hydrogen) atoms. The van der Waals surface area contributed by atoms with Gasteiger partial charge in [-0.15, -0.1) is 0 Å². The smallest absolute Gasteiger partial charge is 0.333 e. The van der Waals surface area contributed by atoms with Crippen molar-refractivity contribution >= 4 is 11.5 Å². The normalized spacial score (nSPS) is 10.7. The lowest BCUT2D eigenvalue weighted by molar-refractivity contribution is -0.384. The van der Waals surface area contributed by atoms with Gasteiger partial charge in [-0.05, 0) is 18.6 Å². The third-order valence-electron chi connectivity index (χ3n) is 3.53. The van der Waals surface area contributed by atoms with E-state index in [4.69, 9.17) is 0 Å². The van der Waals surface area contributed by atoms with Gasteiger partial charge in [0.15, 0.2) is 0 Å². The lowest BCUT2D eigenvalue weighted by atomic mass is 10.1. The van der Waals surface area contributed by atoms with Crippen molar-refractivity contribution in [2.45, 2.75) is 13.5 Å². The van der Waals surface area contributed by atoms with E-state index in [1.807, 2.05) is 24.3 Å². The third-order valence-corrected chi connectivity index (χ3v) is 3.53. The van der Waals surface area contributed by atoms with Crippen molar-refractivity contribution in [1.82, 2.24) is 19.7 Å². The molecule has 2 heterocycles. The lowest BCUT2D eigenvalue weighted by Crippen LogP contribution is -2.06. The molecule has 0 aliphatic rings. The van der Waals surface area contributed by atoms with Gasteiger partial charge in [-0.25, -0.2) is 9.67 Å². The summed E-state index contributed by atoms with van der Waals surface area (Å²) < 4.78 is 1.49. The first-order chi connectivity index (χ1) is 11.1. The van der Waals surface area contributed by atoms with Crippen LogP contribution in [0.5, 0.6) is 0 Å². The molecule has 2 N–H and O–H groups in total. The Kier molecular flexibility index (Phi) is 3.80. The number of aromatic nitrogens is 4. The highest BCUT2D eigenvalue weighted by Gasteiger charge is 2.23. The monoisotopic (exact) mass is 312 g/mol. The van der Waals surface area contributed by atoms with Crippen LogP contribution in [-0.2, 0) is 13.6 Å². The Morgan fingerprint density at radius 2 is 2.26 bits per heavy atom. The quantitative estimate of drug-likeness (QED) is 0.557. The molecule has 0 spiro atoms. The Balaban J connectivity index is 1.82. The Morgan fingerprint density at radius 3 is 2.96 bits per heavy atom. The van der Waals surface area contributed by atoms with Gasteiger partial charge in [0.25, 0.3) is 0 Å². The van der Waals surface area contributed by atoms with Gasteiger partial charge in [-0.1, -0.05) is 18.2 Å². The number of aryl methyl sites for hydroxylation is 2. The van der Waals surface area contributed by atoms with Gasteiger partial charge in [-0.2, -0.15) is 5.10 Å². The van der Waals surface area contributed by atoms with E-state index in [1.165, 1.54) is 4.68 Å². The predicted octanol–water partition coefficient (Wildman–Crippen LogP) is 2.64. The number of imidazole rings is 1. The zero-order chi connectivity index (χ0) is 16.4. The van der Waals surface area contributed by atoms with Crippen LogP contribution in [0.2, 0.25) is 0 Å². The van der Waals surface area contributed by atoms with Crippen LogP contribution in [0.25, 0.3) is 11.4 Å². The zero-order valence-corrected chi connectivity index (χ0v) is 12.8. The minimum absolute atomic E-state index is 0.00897. The van der Waals surface area contributed by atoms with E-state index in [0.717, 1.165) is 17.0 Å². The number of benzene rings is 1. The van der Waals surface area contributed by atoms with Gasteiger partial charge >= 0.3 is 5.69 Å². The largest absolute Gasteiger partial charge is 0.360 e. The van der Waals surface area contributed by atoms with Crippen molar-refractivity contribution < 1.29 is 4.92 Å². The number of nitro groups is 1. The van der Waals surface area contributed by atoms with Crippen LogP contribution in [0.3, 0.4) is 0 Å². The maximum absolute atomic E-state index is 11.2. The summed E-state index contributed by atoms with van der Waals surface area (Å²) in [6, 6.07) is 7.83. The zero-order valence-electron chi connectivity index (χ0n) is 12.8. The summed E-state index contributed by atoms with van der Waals surface area (Å²) in [5.41, 5.74) is 2.36. The van der Waals surface area contributed by atoms with Crippen LogP contribution in [0.4, 0.5) is 11.5 Å². The molecule has 3 rings (SSSR count). The SMILES string of the molecule is Cc1nn(C)c(NCc2cccc(-c3ncc[nH]3)c2)c1[N+](=O)[O-].